The molecule has 0 saturated carbocycles. The van der Waals surface area contributed by atoms with Crippen LogP contribution in [-0.2, 0) is 11.4 Å². The van der Waals surface area contributed by atoms with Crippen LogP contribution in [-0.4, -0.2) is 34.0 Å². The van der Waals surface area contributed by atoms with E-state index in [2.05, 4.69) is 10.1 Å². The second kappa shape index (κ2) is 6.76. The topological polar surface area (TPSA) is 68.5 Å². The number of halogens is 1. The molecule has 0 N–H and O–H groups in total. The summed E-state index contributed by atoms with van der Waals surface area (Å²) in [7, 11) is 0. The molecule has 1 aromatic carbocycles. The number of benzene rings is 1. The van der Waals surface area contributed by atoms with Crippen LogP contribution in [0.2, 0.25) is 0 Å². The average molecular weight is 319 g/mol. The third-order valence-electron chi connectivity index (χ3n) is 3.84. The number of nitrogens with zero attached hydrogens (tertiary/aromatic N) is 3. The molecule has 23 heavy (non-hydrogen) atoms. The van der Waals surface area contributed by atoms with Crippen LogP contribution in [0.5, 0.6) is 5.75 Å². The van der Waals surface area contributed by atoms with Gasteiger partial charge in [0.25, 0.3) is 0 Å². The van der Waals surface area contributed by atoms with E-state index in [4.69, 9.17) is 9.26 Å². The summed E-state index contributed by atoms with van der Waals surface area (Å²) in [4.78, 5) is 17.8. The Balaban J connectivity index is 1.57. The zero-order valence-corrected chi connectivity index (χ0v) is 12.9. The lowest BCUT2D eigenvalue weighted by Crippen LogP contribution is -2.27. The third-order valence-corrected chi connectivity index (χ3v) is 3.84. The zero-order chi connectivity index (χ0) is 16.2. The van der Waals surface area contributed by atoms with Gasteiger partial charge in [0.2, 0.25) is 17.6 Å². The van der Waals surface area contributed by atoms with Gasteiger partial charge < -0.3 is 14.2 Å². The lowest BCUT2D eigenvalue weighted by molar-refractivity contribution is -0.129. The highest BCUT2D eigenvalue weighted by molar-refractivity contribution is 5.76. The van der Waals surface area contributed by atoms with Crippen molar-refractivity contribution in [1.82, 2.24) is 15.0 Å². The quantitative estimate of drug-likeness (QED) is 0.847. The molecule has 1 amide bonds. The molecule has 2 aromatic rings. The molecule has 0 aliphatic carbocycles. The van der Waals surface area contributed by atoms with Crippen molar-refractivity contribution in [3.63, 3.8) is 0 Å². The van der Waals surface area contributed by atoms with E-state index >= 15 is 0 Å². The minimum atomic E-state index is -0.358. The van der Waals surface area contributed by atoms with Crippen molar-refractivity contribution in [2.45, 2.75) is 32.3 Å². The van der Waals surface area contributed by atoms with E-state index in [1.54, 1.807) is 12.1 Å². The standard InChI is InChI=1S/C16H18FN3O3/c1-2-15(21)20-7-6-11(9-20)16-18-14(19-23-16)10-22-13-5-3-4-12(17)8-13/h3-5,8,11H,2,6-7,9-10H2,1H3. The van der Waals surface area contributed by atoms with Gasteiger partial charge in [0, 0.05) is 25.6 Å². The van der Waals surface area contributed by atoms with Crippen molar-refractivity contribution in [3.05, 3.63) is 41.8 Å². The summed E-state index contributed by atoms with van der Waals surface area (Å²) in [5, 5.41) is 3.88. The van der Waals surface area contributed by atoms with Crippen LogP contribution in [0.15, 0.2) is 28.8 Å². The van der Waals surface area contributed by atoms with Gasteiger partial charge in [-0.25, -0.2) is 4.39 Å². The van der Waals surface area contributed by atoms with Crippen molar-refractivity contribution in [3.8, 4) is 5.75 Å². The Morgan fingerprint density at radius 2 is 2.39 bits per heavy atom. The van der Waals surface area contributed by atoms with Gasteiger partial charge in [0.1, 0.15) is 11.6 Å². The minimum absolute atomic E-state index is 0.0703. The third kappa shape index (κ3) is 3.67. The van der Waals surface area contributed by atoms with E-state index < -0.39 is 0 Å². The number of carbonyl (C=O) groups is 1. The fourth-order valence-corrected chi connectivity index (χ4v) is 2.61. The van der Waals surface area contributed by atoms with Gasteiger partial charge in [0.15, 0.2) is 6.61 Å². The van der Waals surface area contributed by atoms with Crippen molar-refractivity contribution in [2.75, 3.05) is 13.1 Å². The lowest BCUT2D eigenvalue weighted by atomic mass is 10.1. The van der Waals surface area contributed by atoms with Crippen LogP contribution in [0.1, 0.15) is 37.4 Å². The molecule has 0 spiro atoms. The van der Waals surface area contributed by atoms with Gasteiger partial charge >= 0.3 is 0 Å². The molecule has 1 saturated heterocycles. The summed E-state index contributed by atoms with van der Waals surface area (Å²) in [6.07, 6.45) is 1.32. The molecular formula is C16H18FN3O3. The first-order valence-corrected chi connectivity index (χ1v) is 7.64. The van der Waals surface area contributed by atoms with Crippen LogP contribution >= 0.6 is 0 Å². The van der Waals surface area contributed by atoms with Gasteiger partial charge in [0.05, 0.1) is 5.92 Å². The Morgan fingerprint density at radius 3 is 3.17 bits per heavy atom. The van der Waals surface area contributed by atoms with E-state index in [0.717, 1.165) is 13.0 Å². The van der Waals surface area contributed by atoms with Crippen LogP contribution in [0, 0.1) is 5.82 Å². The Morgan fingerprint density at radius 1 is 1.52 bits per heavy atom. The summed E-state index contributed by atoms with van der Waals surface area (Å²) in [6, 6.07) is 5.88. The minimum Gasteiger partial charge on any atom is -0.485 e. The van der Waals surface area contributed by atoms with E-state index in [0.29, 0.717) is 30.4 Å². The fourth-order valence-electron chi connectivity index (χ4n) is 2.61. The molecule has 1 aliphatic heterocycles. The second-order valence-corrected chi connectivity index (χ2v) is 5.47. The molecule has 1 aromatic heterocycles. The molecule has 2 heterocycles. The molecule has 6 nitrogen and oxygen atoms in total. The molecule has 1 fully saturated rings. The first kappa shape index (κ1) is 15.5. The number of ether oxygens (including phenoxy) is 1. The van der Waals surface area contributed by atoms with E-state index in [1.807, 2.05) is 11.8 Å². The summed E-state index contributed by atoms with van der Waals surface area (Å²) in [5.74, 6) is 1.20. The maximum Gasteiger partial charge on any atom is 0.231 e. The van der Waals surface area contributed by atoms with Crippen LogP contribution in [0.25, 0.3) is 0 Å². The van der Waals surface area contributed by atoms with E-state index in [-0.39, 0.29) is 24.2 Å². The van der Waals surface area contributed by atoms with Gasteiger partial charge in [-0.2, -0.15) is 4.98 Å². The highest BCUT2D eigenvalue weighted by Crippen LogP contribution is 2.26. The summed E-state index contributed by atoms with van der Waals surface area (Å²) < 4.78 is 23.8. The normalized spacial score (nSPS) is 17.5. The Kier molecular flexibility index (Phi) is 4.55. The lowest BCUT2D eigenvalue weighted by Gasteiger charge is -2.13. The largest absolute Gasteiger partial charge is 0.485 e. The Hall–Kier alpha value is -2.44. The number of amides is 1. The highest BCUT2D eigenvalue weighted by atomic mass is 19.1. The SMILES string of the molecule is CCC(=O)N1CCC(c2nc(COc3cccc(F)c3)no2)C1. The van der Waals surface area contributed by atoms with Gasteiger partial charge in [-0.05, 0) is 18.6 Å². The van der Waals surface area contributed by atoms with E-state index in [1.165, 1.54) is 12.1 Å². The average Bonchev–Trinajstić information content (AvgIpc) is 3.21. The molecule has 1 unspecified atom stereocenters. The van der Waals surface area contributed by atoms with E-state index in [9.17, 15) is 9.18 Å². The first-order chi connectivity index (χ1) is 11.2. The zero-order valence-electron chi connectivity index (χ0n) is 12.9. The van der Waals surface area contributed by atoms with Crippen molar-refractivity contribution < 1.29 is 18.4 Å². The summed E-state index contributed by atoms with van der Waals surface area (Å²) in [5.41, 5.74) is 0. The van der Waals surface area contributed by atoms with Crippen molar-refractivity contribution in [1.29, 1.82) is 0 Å². The second-order valence-electron chi connectivity index (χ2n) is 5.47. The Bertz CT molecular complexity index is 689. The highest BCUT2D eigenvalue weighted by Gasteiger charge is 2.30. The number of hydrogen-bond acceptors (Lipinski definition) is 5. The predicted octanol–water partition coefficient (Wildman–Crippen LogP) is 2.51. The molecule has 7 heteroatoms. The molecular weight excluding hydrogens is 301 g/mol. The summed E-state index contributed by atoms with van der Waals surface area (Å²) >= 11 is 0. The molecule has 0 bridgehead atoms. The summed E-state index contributed by atoms with van der Waals surface area (Å²) in [6.45, 7) is 3.29. The van der Waals surface area contributed by atoms with Crippen LogP contribution in [0.4, 0.5) is 4.39 Å². The Labute approximate surface area is 133 Å². The molecule has 1 atom stereocenters. The smallest absolute Gasteiger partial charge is 0.231 e. The predicted molar refractivity (Wildman–Crippen MR) is 79.3 cm³/mol. The molecule has 3 rings (SSSR count). The van der Waals surface area contributed by atoms with Gasteiger partial charge in [-0.1, -0.05) is 18.1 Å². The number of rotatable bonds is 5. The van der Waals surface area contributed by atoms with Crippen LogP contribution < -0.4 is 4.74 Å². The van der Waals surface area contributed by atoms with Gasteiger partial charge in [-0.3, -0.25) is 4.79 Å². The molecule has 1 aliphatic rings. The monoisotopic (exact) mass is 319 g/mol. The number of aromatic nitrogens is 2. The molecule has 122 valence electrons. The van der Waals surface area contributed by atoms with Crippen LogP contribution in [0.3, 0.4) is 0 Å². The number of carbonyl (C=O) groups excluding carboxylic acids is 1. The first-order valence-electron chi connectivity index (χ1n) is 7.64. The van der Waals surface area contributed by atoms with Crippen molar-refractivity contribution >= 4 is 5.91 Å². The number of likely N-dealkylation sites (tertiary alicyclic amines) is 1. The fraction of sp³-hybridized carbons (Fsp3) is 0.438. The van der Waals surface area contributed by atoms with Crippen molar-refractivity contribution in [2.24, 2.45) is 0 Å². The molecule has 0 radical (unpaired) electrons. The maximum atomic E-state index is 13.1. The van der Waals surface area contributed by atoms with Gasteiger partial charge in [-0.15, -0.1) is 0 Å². The maximum absolute atomic E-state index is 13.1. The number of hydrogen-bond donors (Lipinski definition) is 0.